The van der Waals surface area contributed by atoms with Crippen LogP contribution in [0, 0.1) is 0 Å². The van der Waals surface area contributed by atoms with Crippen LogP contribution < -0.4 is 10.6 Å². The zero-order chi connectivity index (χ0) is 17.8. The highest BCUT2D eigenvalue weighted by Gasteiger charge is 2.32. The number of anilines is 1. The average molecular weight is 418 g/mol. The van der Waals surface area contributed by atoms with Crippen molar-refractivity contribution in [2.45, 2.75) is 48.8 Å². The number of nitrogens with one attached hydrogen (secondary N) is 2. The monoisotopic (exact) mass is 417 g/mol. The van der Waals surface area contributed by atoms with Gasteiger partial charge in [-0.2, -0.15) is 0 Å². The van der Waals surface area contributed by atoms with Gasteiger partial charge in [-0.3, -0.25) is 9.59 Å². The average Bonchev–Trinajstić information content (AvgIpc) is 2.61. The minimum atomic E-state index is -0.387. The van der Waals surface area contributed by atoms with Crippen LogP contribution >= 0.6 is 35.8 Å². The molecule has 144 valence electrons. The molecule has 3 rings (SSSR count). The Labute approximate surface area is 170 Å². The molecule has 2 aliphatic rings. The Morgan fingerprint density at radius 2 is 2.08 bits per heavy atom. The Kier molecular flexibility index (Phi) is 8.07. The number of fused-ring (bicyclic) bond motifs is 1. The van der Waals surface area contributed by atoms with Gasteiger partial charge in [0.1, 0.15) is 0 Å². The van der Waals surface area contributed by atoms with Gasteiger partial charge in [-0.05, 0) is 50.6 Å². The maximum atomic E-state index is 12.9. The molecule has 1 aromatic carbocycles. The summed E-state index contributed by atoms with van der Waals surface area (Å²) in [5.41, 5.74) is 0.731. The molecular formula is C18H25Cl2N3O2S. The highest BCUT2D eigenvalue weighted by atomic mass is 35.5. The first kappa shape index (κ1) is 21.4. The summed E-state index contributed by atoms with van der Waals surface area (Å²) in [5, 5.41) is 6.42. The van der Waals surface area contributed by atoms with E-state index in [1.165, 1.54) is 11.8 Å². The predicted molar refractivity (Wildman–Crippen MR) is 109 cm³/mol. The summed E-state index contributed by atoms with van der Waals surface area (Å²) in [7, 11) is 0. The fourth-order valence-corrected chi connectivity index (χ4v) is 4.66. The Balaban J connectivity index is 0.00000243. The zero-order valence-corrected chi connectivity index (χ0v) is 17.2. The van der Waals surface area contributed by atoms with Crippen LogP contribution in [0.3, 0.4) is 0 Å². The van der Waals surface area contributed by atoms with Gasteiger partial charge in [-0.15, -0.1) is 24.2 Å². The third kappa shape index (κ3) is 5.06. The van der Waals surface area contributed by atoms with Crippen LogP contribution in [0.2, 0.25) is 5.02 Å². The lowest BCUT2D eigenvalue weighted by molar-refractivity contribution is -0.135. The maximum Gasteiger partial charge on any atom is 0.238 e. The molecule has 5 nitrogen and oxygen atoms in total. The molecule has 2 amide bonds. The second-order valence-electron chi connectivity index (χ2n) is 6.51. The van der Waals surface area contributed by atoms with E-state index >= 15 is 0 Å². The molecule has 2 N–H and O–H groups in total. The Hall–Kier alpha value is -0.950. The molecule has 1 atom stereocenters. The quantitative estimate of drug-likeness (QED) is 0.768. The fourth-order valence-electron chi connectivity index (χ4n) is 3.40. The van der Waals surface area contributed by atoms with E-state index in [0.29, 0.717) is 5.02 Å². The van der Waals surface area contributed by atoms with E-state index in [1.807, 2.05) is 17.0 Å². The van der Waals surface area contributed by atoms with Crippen LogP contribution in [-0.4, -0.2) is 47.6 Å². The number of rotatable bonds is 5. The van der Waals surface area contributed by atoms with Gasteiger partial charge in [0.05, 0.1) is 10.9 Å². The Bertz CT molecular complexity index is 653. The number of piperidine rings is 1. The van der Waals surface area contributed by atoms with Gasteiger partial charge in [0.2, 0.25) is 11.8 Å². The highest BCUT2D eigenvalue weighted by molar-refractivity contribution is 8.01. The first-order valence-electron chi connectivity index (χ1n) is 8.85. The van der Waals surface area contributed by atoms with Crippen LogP contribution in [0.15, 0.2) is 23.1 Å². The van der Waals surface area contributed by atoms with Crippen molar-refractivity contribution < 1.29 is 9.59 Å². The van der Waals surface area contributed by atoms with Gasteiger partial charge in [-0.25, -0.2) is 0 Å². The van der Waals surface area contributed by atoms with E-state index in [4.69, 9.17) is 11.6 Å². The van der Waals surface area contributed by atoms with Gasteiger partial charge in [-0.1, -0.05) is 18.5 Å². The molecular weight excluding hydrogens is 393 g/mol. The lowest BCUT2D eigenvalue weighted by Crippen LogP contribution is -2.47. The first-order valence-corrected chi connectivity index (χ1v) is 10.1. The van der Waals surface area contributed by atoms with Gasteiger partial charge in [0.15, 0.2) is 0 Å². The molecule has 0 bridgehead atoms. The number of carbonyl (C=O) groups excluding carboxylic acids is 2. The molecule has 0 radical (unpaired) electrons. The standard InChI is InChI=1S/C18H24ClN3O2S.ClH/c1-2-9-22(13-5-7-20-8-6-13)17(23)11-16-18(24)21-14-10-12(19)3-4-15(14)25-16;/h3-4,10,13,16,20H,2,5-9,11H2,1H3,(H,21,24);1H. The summed E-state index contributed by atoms with van der Waals surface area (Å²) in [6, 6.07) is 5.74. The summed E-state index contributed by atoms with van der Waals surface area (Å²) in [5.74, 6) is -0.0336. The molecule has 1 saturated heterocycles. The predicted octanol–water partition coefficient (Wildman–Crippen LogP) is 3.56. The third-order valence-electron chi connectivity index (χ3n) is 4.66. The van der Waals surface area contributed by atoms with Crippen molar-refractivity contribution in [2.24, 2.45) is 0 Å². The molecule has 0 saturated carbocycles. The summed E-state index contributed by atoms with van der Waals surface area (Å²) in [4.78, 5) is 28.3. The topological polar surface area (TPSA) is 61.4 Å². The Morgan fingerprint density at radius 1 is 1.35 bits per heavy atom. The molecule has 2 aliphatic heterocycles. The molecule has 26 heavy (non-hydrogen) atoms. The minimum Gasteiger partial charge on any atom is -0.340 e. The maximum absolute atomic E-state index is 12.9. The molecule has 8 heteroatoms. The minimum absolute atomic E-state index is 0. The number of thioether (sulfide) groups is 1. The first-order chi connectivity index (χ1) is 12.1. The third-order valence-corrected chi connectivity index (χ3v) is 6.17. The Morgan fingerprint density at radius 3 is 2.77 bits per heavy atom. The van der Waals surface area contributed by atoms with Gasteiger partial charge in [0, 0.05) is 28.9 Å². The van der Waals surface area contributed by atoms with Crippen molar-refractivity contribution in [1.29, 1.82) is 0 Å². The van der Waals surface area contributed by atoms with E-state index in [1.54, 1.807) is 6.07 Å². The van der Waals surface area contributed by atoms with Crippen molar-refractivity contribution in [3.05, 3.63) is 23.2 Å². The van der Waals surface area contributed by atoms with E-state index < -0.39 is 0 Å². The van der Waals surface area contributed by atoms with E-state index in [-0.39, 0.29) is 41.9 Å². The summed E-state index contributed by atoms with van der Waals surface area (Å²) >= 11 is 7.43. The van der Waals surface area contributed by atoms with Crippen LogP contribution in [0.4, 0.5) is 5.69 Å². The molecule has 0 aromatic heterocycles. The second-order valence-corrected chi connectivity index (χ2v) is 8.19. The highest BCUT2D eigenvalue weighted by Crippen LogP contribution is 2.38. The lowest BCUT2D eigenvalue weighted by Gasteiger charge is -2.35. The van der Waals surface area contributed by atoms with Crippen LogP contribution in [0.25, 0.3) is 0 Å². The van der Waals surface area contributed by atoms with Crippen molar-refractivity contribution in [3.63, 3.8) is 0 Å². The van der Waals surface area contributed by atoms with Crippen LogP contribution in [-0.2, 0) is 9.59 Å². The molecule has 1 aromatic rings. The number of halogens is 2. The summed E-state index contributed by atoms with van der Waals surface area (Å²) in [6.07, 6.45) is 3.14. The molecule has 1 unspecified atom stereocenters. The largest absolute Gasteiger partial charge is 0.340 e. The van der Waals surface area contributed by atoms with Gasteiger partial charge in [0.25, 0.3) is 0 Å². The summed E-state index contributed by atoms with van der Waals surface area (Å²) in [6.45, 7) is 4.74. The lowest BCUT2D eigenvalue weighted by atomic mass is 10.0. The molecule has 0 aliphatic carbocycles. The number of benzene rings is 1. The smallest absolute Gasteiger partial charge is 0.238 e. The zero-order valence-electron chi connectivity index (χ0n) is 14.8. The van der Waals surface area contributed by atoms with Crippen molar-refractivity contribution in [3.8, 4) is 0 Å². The SMILES string of the molecule is CCCN(C(=O)CC1Sc2ccc(Cl)cc2NC1=O)C1CCNCC1.Cl. The van der Waals surface area contributed by atoms with Crippen LogP contribution in [0.5, 0.6) is 0 Å². The summed E-state index contributed by atoms with van der Waals surface area (Å²) < 4.78 is 0. The fraction of sp³-hybridized carbons (Fsp3) is 0.556. The number of carbonyl (C=O) groups is 2. The van der Waals surface area contributed by atoms with E-state index in [2.05, 4.69) is 17.6 Å². The number of hydrogen-bond acceptors (Lipinski definition) is 4. The van der Waals surface area contributed by atoms with Crippen molar-refractivity contribution in [2.75, 3.05) is 25.0 Å². The molecule has 1 fully saturated rings. The number of amides is 2. The normalized spacial score (nSPS) is 19.9. The van der Waals surface area contributed by atoms with Gasteiger partial charge < -0.3 is 15.5 Å². The second kappa shape index (κ2) is 9.83. The van der Waals surface area contributed by atoms with E-state index in [9.17, 15) is 9.59 Å². The van der Waals surface area contributed by atoms with Crippen molar-refractivity contribution >= 4 is 53.3 Å². The van der Waals surface area contributed by atoms with Gasteiger partial charge >= 0.3 is 0 Å². The number of nitrogens with zero attached hydrogens (tertiary/aromatic N) is 1. The molecule has 2 heterocycles. The van der Waals surface area contributed by atoms with Crippen molar-refractivity contribution in [1.82, 2.24) is 10.2 Å². The molecule has 0 spiro atoms. The number of hydrogen-bond donors (Lipinski definition) is 2. The van der Waals surface area contributed by atoms with Crippen LogP contribution in [0.1, 0.15) is 32.6 Å². The van der Waals surface area contributed by atoms with E-state index in [0.717, 1.165) is 49.5 Å².